The summed E-state index contributed by atoms with van der Waals surface area (Å²) >= 11 is 3.07. The van der Waals surface area contributed by atoms with Crippen molar-refractivity contribution in [3.63, 3.8) is 0 Å². The minimum Gasteiger partial charge on any atom is -0.377 e. The van der Waals surface area contributed by atoms with Gasteiger partial charge in [-0.2, -0.15) is 0 Å². The van der Waals surface area contributed by atoms with Crippen molar-refractivity contribution in [1.82, 2.24) is 5.32 Å². The molecule has 1 aromatic rings. The number of rotatable bonds is 4. The zero-order valence-corrected chi connectivity index (χ0v) is 12.7. The molecular weight excluding hydrogens is 329 g/mol. The third-order valence-electron chi connectivity index (χ3n) is 3.73. The van der Waals surface area contributed by atoms with E-state index < -0.39 is 10.7 Å². The molecule has 2 rings (SSSR count). The van der Waals surface area contributed by atoms with Crippen LogP contribution in [0.25, 0.3) is 0 Å². The van der Waals surface area contributed by atoms with Crippen LogP contribution in [0.2, 0.25) is 0 Å². The van der Waals surface area contributed by atoms with Gasteiger partial charge < -0.3 is 10.6 Å². The average molecular weight is 346 g/mol. The van der Waals surface area contributed by atoms with E-state index in [1.807, 2.05) is 7.05 Å². The van der Waals surface area contributed by atoms with Crippen molar-refractivity contribution < 1.29 is 9.31 Å². The normalized spacial score (nSPS) is 22.6. The second-order valence-corrected chi connectivity index (χ2v) is 5.88. The summed E-state index contributed by atoms with van der Waals surface area (Å²) in [6.07, 6.45) is 3.95. The topological polar surface area (TPSA) is 67.2 Å². The number of nitro groups is 1. The Morgan fingerprint density at radius 2 is 1.90 bits per heavy atom. The molecule has 0 unspecified atom stereocenters. The first kappa shape index (κ1) is 15.2. The predicted molar refractivity (Wildman–Crippen MR) is 79.5 cm³/mol. The molecule has 7 heteroatoms. The Labute approximate surface area is 125 Å². The Hall–Kier alpha value is -1.21. The van der Waals surface area contributed by atoms with Gasteiger partial charge in [-0.25, -0.2) is 4.39 Å². The molecule has 110 valence electrons. The van der Waals surface area contributed by atoms with Crippen LogP contribution in [0.3, 0.4) is 0 Å². The molecule has 1 saturated carbocycles. The third-order valence-corrected chi connectivity index (χ3v) is 4.34. The molecule has 2 N–H and O–H groups in total. The number of hydrogen-bond acceptors (Lipinski definition) is 4. The van der Waals surface area contributed by atoms with Gasteiger partial charge in [0, 0.05) is 12.1 Å². The van der Waals surface area contributed by atoms with Crippen LogP contribution in [0.4, 0.5) is 15.8 Å². The highest BCUT2D eigenvalue weighted by atomic mass is 79.9. The molecule has 0 saturated heterocycles. The number of hydrogen-bond donors (Lipinski definition) is 2. The van der Waals surface area contributed by atoms with Crippen LogP contribution in [0.1, 0.15) is 25.7 Å². The van der Waals surface area contributed by atoms with E-state index in [-0.39, 0.29) is 16.2 Å². The summed E-state index contributed by atoms with van der Waals surface area (Å²) in [4.78, 5) is 10.4. The first-order valence-corrected chi connectivity index (χ1v) is 7.37. The van der Waals surface area contributed by atoms with Gasteiger partial charge in [-0.1, -0.05) is 0 Å². The first-order chi connectivity index (χ1) is 9.51. The van der Waals surface area contributed by atoms with Gasteiger partial charge in [0.1, 0.15) is 11.5 Å². The minimum atomic E-state index is -0.624. The Morgan fingerprint density at radius 1 is 1.30 bits per heavy atom. The van der Waals surface area contributed by atoms with E-state index in [1.54, 1.807) is 0 Å². The molecule has 0 aromatic heterocycles. The van der Waals surface area contributed by atoms with Crippen LogP contribution < -0.4 is 10.6 Å². The van der Waals surface area contributed by atoms with Crippen molar-refractivity contribution >= 4 is 27.3 Å². The standard InChI is InChI=1S/C13H17BrFN3O2/c1-16-8-2-4-9(5-3-8)17-12-6-10(14)11(15)7-13(12)18(19)20/h6-9,16-17H,2-5H2,1H3. The van der Waals surface area contributed by atoms with Gasteiger partial charge in [0.25, 0.3) is 5.69 Å². The lowest BCUT2D eigenvalue weighted by Gasteiger charge is -2.29. The number of nitro benzene ring substituents is 1. The molecule has 0 radical (unpaired) electrons. The van der Waals surface area contributed by atoms with Gasteiger partial charge >= 0.3 is 0 Å². The summed E-state index contributed by atoms with van der Waals surface area (Å²) in [5.41, 5.74) is 0.151. The molecule has 0 amide bonds. The van der Waals surface area contributed by atoms with Crippen molar-refractivity contribution in [3.8, 4) is 0 Å². The molecule has 1 aliphatic rings. The fraction of sp³-hybridized carbons (Fsp3) is 0.538. The van der Waals surface area contributed by atoms with E-state index in [0.29, 0.717) is 11.7 Å². The summed E-state index contributed by atoms with van der Waals surface area (Å²) in [5, 5.41) is 17.4. The van der Waals surface area contributed by atoms with Gasteiger partial charge in [0.15, 0.2) is 0 Å². The fourth-order valence-corrected chi connectivity index (χ4v) is 2.89. The Morgan fingerprint density at radius 3 is 2.45 bits per heavy atom. The maximum Gasteiger partial charge on any atom is 0.295 e. The Balaban J connectivity index is 2.13. The van der Waals surface area contributed by atoms with E-state index in [2.05, 4.69) is 26.6 Å². The highest BCUT2D eigenvalue weighted by Gasteiger charge is 2.24. The molecule has 0 bridgehead atoms. The lowest BCUT2D eigenvalue weighted by molar-refractivity contribution is -0.384. The number of halogens is 2. The van der Waals surface area contributed by atoms with Gasteiger partial charge in [0.05, 0.1) is 15.5 Å². The molecule has 1 fully saturated rings. The Kier molecular flexibility index (Phi) is 4.93. The summed E-state index contributed by atoms with van der Waals surface area (Å²) in [7, 11) is 1.94. The van der Waals surface area contributed by atoms with E-state index >= 15 is 0 Å². The first-order valence-electron chi connectivity index (χ1n) is 6.58. The third kappa shape index (κ3) is 3.46. The van der Waals surface area contributed by atoms with E-state index in [9.17, 15) is 14.5 Å². The van der Waals surface area contributed by atoms with Crippen molar-refractivity contribution in [2.75, 3.05) is 12.4 Å². The molecular formula is C13H17BrFN3O2. The lowest BCUT2D eigenvalue weighted by Crippen LogP contribution is -2.35. The summed E-state index contributed by atoms with van der Waals surface area (Å²) in [5.74, 6) is -0.624. The lowest BCUT2D eigenvalue weighted by atomic mass is 9.91. The van der Waals surface area contributed by atoms with Crippen LogP contribution in [-0.2, 0) is 0 Å². The van der Waals surface area contributed by atoms with Crippen LogP contribution in [0, 0.1) is 15.9 Å². The maximum absolute atomic E-state index is 13.4. The largest absolute Gasteiger partial charge is 0.377 e. The molecule has 5 nitrogen and oxygen atoms in total. The van der Waals surface area contributed by atoms with E-state index in [0.717, 1.165) is 31.7 Å². The predicted octanol–water partition coefficient (Wildman–Crippen LogP) is 3.44. The van der Waals surface area contributed by atoms with Crippen molar-refractivity contribution in [3.05, 3.63) is 32.5 Å². The van der Waals surface area contributed by atoms with Gasteiger partial charge in [-0.15, -0.1) is 0 Å². The van der Waals surface area contributed by atoms with Crippen LogP contribution in [-0.4, -0.2) is 24.1 Å². The van der Waals surface area contributed by atoms with Gasteiger partial charge in [0.2, 0.25) is 0 Å². The average Bonchev–Trinajstić information content (AvgIpc) is 2.43. The number of anilines is 1. The van der Waals surface area contributed by atoms with Crippen LogP contribution >= 0.6 is 15.9 Å². The summed E-state index contributed by atoms with van der Waals surface area (Å²) < 4.78 is 13.6. The van der Waals surface area contributed by atoms with Crippen molar-refractivity contribution in [2.45, 2.75) is 37.8 Å². The maximum atomic E-state index is 13.4. The molecule has 0 atom stereocenters. The minimum absolute atomic E-state index is 0.190. The zero-order valence-electron chi connectivity index (χ0n) is 11.2. The quantitative estimate of drug-likeness (QED) is 0.647. The number of nitrogens with zero attached hydrogens (tertiary/aromatic N) is 1. The molecule has 20 heavy (non-hydrogen) atoms. The highest BCUT2D eigenvalue weighted by Crippen LogP contribution is 2.32. The van der Waals surface area contributed by atoms with Crippen LogP contribution in [0.5, 0.6) is 0 Å². The number of benzene rings is 1. The van der Waals surface area contributed by atoms with E-state index in [4.69, 9.17) is 0 Å². The van der Waals surface area contributed by atoms with E-state index in [1.165, 1.54) is 6.07 Å². The molecule has 0 aliphatic heterocycles. The highest BCUT2D eigenvalue weighted by molar-refractivity contribution is 9.10. The van der Waals surface area contributed by atoms with Gasteiger partial charge in [-0.3, -0.25) is 10.1 Å². The summed E-state index contributed by atoms with van der Waals surface area (Å²) in [6.45, 7) is 0. The van der Waals surface area contributed by atoms with Crippen molar-refractivity contribution in [1.29, 1.82) is 0 Å². The fourth-order valence-electron chi connectivity index (χ4n) is 2.55. The Bertz CT molecular complexity index is 505. The number of nitrogens with one attached hydrogen (secondary N) is 2. The SMILES string of the molecule is CNC1CCC(Nc2cc(Br)c(F)cc2[N+](=O)[O-])CC1. The zero-order chi connectivity index (χ0) is 14.7. The summed E-state index contributed by atoms with van der Waals surface area (Å²) in [6, 6.07) is 3.10. The monoisotopic (exact) mass is 345 g/mol. The second-order valence-electron chi connectivity index (χ2n) is 5.02. The molecule has 1 aromatic carbocycles. The molecule has 0 spiro atoms. The van der Waals surface area contributed by atoms with Gasteiger partial charge in [-0.05, 0) is 54.7 Å². The van der Waals surface area contributed by atoms with Crippen LogP contribution in [0.15, 0.2) is 16.6 Å². The van der Waals surface area contributed by atoms with Crippen molar-refractivity contribution in [2.24, 2.45) is 0 Å². The second kappa shape index (κ2) is 6.49. The molecule has 0 heterocycles. The smallest absolute Gasteiger partial charge is 0.295 e. The molecule has 1 aliphatic carbocycles.